The van der Waals surface area contributed by atoms with Crippen molar-refractivity contribution in [1.82, 2.24) is 0 Å². The molecule has 0 unspecified atom stereocenters. The summed E-state index contributed by atoms with van der Waals surface area (Å²) < 4.78 is 0. The molecule has 0 bridgehead atoms. The van der Waals surface area contributed by atoms with E-state index in [0.717, 1.165) is 22.9 Å². The molecule has 0 saturated carbocycles. The van der Waals surface area contributed by atoms with Gasteiger partial charge in [0.2, 0.25) is 0 Å². The molecule has 0 aromatic heterocycles. The van der Waals surface area contributed by atoms with Crippen molar-refractivity contribution in [2.75, 3.05) is 6.26 Å². The number of hydrogen-bond donors (Lipinski definition) is 0. The summed E-state index contributed by atoms with van der Waals surface area (Å²) in [6.07, 6.45) is 4.76. The van der Waals surface area contributed by atoms with E-state index < -0.39 is 0 Å². The third-order valence-corrected chi connectivity index (χ3v) is 4.31. The van der Waals surface area contributed by atoms with Gasteiger partial charge in [0.05, 0.1) is 0 Å². The smallest absolute Gasteiger partial charge is 0.186 e. The Morgan fingerprint density at radius 3 is 2.67 bits per heavy atom. The van der Waals surface area contributed by atoms with Crippen LogP contribution in [-0.4, -0.2) is 12.0 Å². The lowest BCUT2D eigenvalue weighted by atomic mass is 9.86. The fraction of sp³-hybridized carbons (Fsp3) is 0.188. The lowest BCUT2D eigenvalue weighted by molar-refractivity contribution is 0.104. The zero-order chi connectivity index (χ0) is 12.7. The highest BCUT2D eigenvalue weighted by atomic mass is 32.2. The van der Waals surface area contributed by atoms with Gasteiger partial charge in [-0.05, 0) is 47.4 Å². The van der Waals surface area contributed by atoms with E-state index in [-0.39, 0.29) is 5.78 Å². The molecule has 0 amide bonds. The standard InChI is InChI=1S/C16H14OS/c1-3-10-9-14(17)12-7-8-15(18-2)13-6-4-5-11(10)16(12)13/h4-9H,3H2,1-2H3. The summed E-state index contributed by atoms with van der Waals surface area (Å²) in [5.74, 6) is 0.142. The number of benzene rings is 2. The summed E-state index contributed by atoms with van der Waals surface area (Å²) >= 11 is 1.73. The number of rotatable bonds is 2. The average Bonchev–Trinajstić information content (AvgIpc) is 2.42. The van der Waals surface area contributed by atoms with Gasteiger partial charge in [0.1, 0.15) is 0 Å². The molecule has 1 nitrogen and oxygen atoms in total. The molecule has 0 N–H and O–H groups in total. The Morgan fingerprint density at radius 1 is 1.11 bits per heavy atom. The number of hydrogen-bond acceptors (Lipinski definition) is 2. The number of allylic oxidation sites excluding steroid dienone is 2. The van der Waals surface area contributed by atoms with Crippen molar-refractivity contribution in [2.24, 2.45) is 0 Å². The normalized spacial score (nSPS) is 13.9. The van der Waals surface area contributed by atoms with Crippen molar-refractivity contribution in [3.8, 4) is 0 Å². The molecule has 90 valence electrons. The van der Waals surface area contributed by atoms with Gasteiger partial charge in [0.25, 0.3) is 0 Å². The predicted octanol–water partition coefficient (Wildman–Crippen LogP) is 4.55. The Morgan fingerprint density at radius 2 is 1.94 bits per heavy atom. The highest BCUT2D eigenvalue weighted by Crippen LogP contribution is 2.38. The first kappa shape index (κ1) is 11.5. The largest absolute Gasteiger partial charge is 0.289 e. The van der Waals surface area contributed by atoms with Crippen LogP contribution in [0, 0.1) is 0 Å². The second-order valence-corrected chi connectivity index (χ2v) is 5.28. The Labute approximate surface area is 111 Å². The summed E-state index contributed by atoms with van der Waals surface area (Å²) in [5, 5.41) is 2.33. The summed E-state index contributed by atoms with van der Waals surface area (Å²) in [5.41, 5.74) is 3.22. The van der Waals surface area contributed by atoms with Gasteiger partial charge in [-0.15, -0.1) is 11.8 Å². The lowest BCUT2D eigenvalue weighted by Gasteiger charge is -2.18. The number of carbonyl (C=O) groups excluding carboxylic acids is 1. The molecule has 2 aromatic carbocycles. The zero-order valence-electron chi connectivity index (χ0n) is 10.5. The molecule has 0 saturated heterocycles. The van der Waals surface area contributed by atoms with Crippen molar-refractivity contribution in [3.05, 3.63) is 47.5 Å². The van der Waals surface area contributed by atoms with Crippen molar-refractivity contribution >= 4 is 33.9 Å². The first-order chi connectivity index (χ1) is 8.76. The quantitative estimate of drug-likeness (QED) is 0.731. The minimum absolute atomic E-state index is 0.142. The van der Waals surface area contributed by atoms with Crippen LogP contribution in [0.25, 0.3) is 16.3 Å². The summed E-state index contributed by atoms with van der Waals surface area (Å²) in [6, 6.07) is 10.3. The second-order valence-electron chi connectivity index (χ2n) is 4.43. The molecule has 0 fully saturated rings. The minimum atomic E-state index is 0.142. The first-order valence-electron chi connectivity index (χ1n) is 6.11. The third kappa shape index (κ3) is 1.52. The Bertz CT molecular complexity index is 683. The van der Waals surface area contributed by atoms with E-state index >= 15 is 0 Å². The molecule has 1 aliphatic rings. The fourth-order valence-corrected chi connectivity index (χ4v) is 3.23. The fourth-order valence-electron chi connectivity index (χ4n) is 2.64. The van der Waals surface area contributed by atoms with Crippen molar-refractivity contribution in [3.63, 3.8) is 0 Å². The minimum Gasteiger partial charge on any atom is -0.289 e. The molecule has 1 aliphatic carbocycles. The van der Waals surface area contributed by atoms with E-state index in [2.05, 4.69) is 37.4 Å². The summed E-state index contributed by atoms with van der Waals surface area (Å²) in [4.78, 5) is 13.4. The molecule has 0 atom stereocenters. The van der Waals surface area contributed by atoms with Gasteiger partial charge in [-0.3, -0.25) is 4.79 Å². The van der Waals surface area contributed by atoms with Crippen LogP contribution in [0.1, 0.15) is 29.3 Å². The van der Waals surface area contributed by atoms with Crippen LogP contribution in [0.3, 0.4) is 0 Å². The van der Waals surface area contributed by atoms with Crippen LogP contribution in [0.15, 0.2) is 41.3 Å². The van der Waals surface area contributed by atoms with E-state index in [0.29, 0.717) is 0 Å². The van der Waals surface area contributed by atoms with Crippen LogP contribution in [-0.2, 0) is 0 Å². The van der Waals surface area contributed by atoms with Crippen molar-refractivity contribution < 1.29 is 4.79 Å². The Kier molecular flexibility index (Phi) is 2.75. The monoisotopic (exact) mass is 254 g/mol. The zero-order valence-corrected chi connectivity index (χ0v) is 11.3. The molecule has 0 radical (unpaired) electrons. The molecule has 18 heavy (non-hydrogen) atoms. The molecule has 2 heteroatoms. The van der Waals surface area contributed by atoms with E-state index in [1.165, 1.54) is 15.8 Å². The van der Waals surface area contributed by atoms with Crippen LogP contribution < -0.4 is 0 Å². The predicted molar refractivity (Wildman–Crippen MR) is 78.3 cm³/mol. The molecule has 0 heterocycles. The van der Waals surface area contributed by atoms with E-state index in [1.54, 1.807) is 17.8 Å². The van der Waals surface area contributed by atoms with Gasteiger partial charge in [-0.1, -0.05) is 25.1 Å². The lowest BCUT2D eigenvalue weighted by Crippen LogP contribution is -2.05. The van der Waals surface area contributed by atoms with Crippen LogP contribution >= 0.6 is 11.8 Å². The summed E-state index contributed by atoms with van der Waals surface area (Å²) in [6.45, 7) is 2.10. The highest BCUT2D eigenvalue weighted by Gasteiger charge is 2.20. The summed E-state index contributed by atoms with van der Waals surface area (Å²) in [7, 11) is 0. The Hall–Kier alpha value is -1.54. The van der Waals surface area contributed by atoms with Crippen LogP contribution in [0.2, 0.25) is 0 Å². The average molecular weight is 254 g/mol. The topological polar surface area (TPSA) is 17.1 Å². The maximum atomic E-state index is 12.2. The van der Waals surface area contributed by atoms with E-state index in [9.17, 15) is 4.79 Å². The molecular weight excluding hydrogens is 240 g/mol. The Balaban J connectivity index is 2.46. The number of ketones is 1. The van der Waals surface area contributed by atoms with Gasteiger partial charge in [0, 0.05) is 15.8 Å². The molecule has 0 aliphatic heterocycles. The van der Waals surface area contributed by atoms with E-state index in [4.69, 9.17) is 0 Å². The van der Waals surface area contributed by atoms with Gasteiger partial charge >= 0.3 is 0 Å². The molecule has 3 rings (SSSR count). The van der Waals surface area contributed by atoms with Crippen LogP contribution in [0.5, 0.6) is 0 Å². The van der Waals surface area contributed by atoms with Gasteiger partial charge < -0.3 is 0 Å². The van der Waals surface area contributed by atoms with Gasteiger partial charge in [0.15, 0.2) is 5.78 Å². The highest BCUT2D eigenvalue weighted by molar-refractivity contribution is 7.98. The van der Waals surface area contributed by atoms with Gasteiger partial charge in [-0.25, -0.2) is 0 Å². The molecule has 2 aromatic rings. The maximum Gasteiger partial charge on any atom is 0.186 e. The van der Waals surface area contributed by atoms with Gasteiger partial charge in [-0.2, -0.15) is 0 Å². The third-order valence-electron chi connectivity index (χ3n) is 3.52. The number of carbonyl (C=O) groups is 1. The SMILES string of the molecule is CCC1=CC(=O)c2ccc(SC)c3cccc1c23. The molecular formula is C16H14OS. The van der Waals surface area contributed by atoms with Crippen molar-refractivity contribution in [1.29, 1.82) is 0 Å². The number of thioether (sulfide) groups is 1. The maximum absolute atomic E-state index is 12.2. The van der Waals surface area contributed by atoms with E-state index in [1.807, 2.05) is 6.07 Å². The first-order valence-corrected chi connectivity index (χ1v) is 7.33. The second kappa shape index (κ2) is 4.29. The van der Waals surface area contributed by atoms with Crippen molar-refractivity contribution in [2.45, 2.75) is 18.2 Å². The van der Waals surface area contributed by atoms with Crippen LogP contribution in [0.4, 0.5) is 0 Å². The molecule has 0 spiro atoms.